The van der Waals surface area contributed by atoms with Crippen molar-refractivity contribution < 1.29 is 128 Å². The van der Waals surface area contributed by atoms with E-state index >= 15 is 0 Å². The van der Waals surface area contributed by atoms with Crippen LogP contribution in [0.2, 0.25) is 0 Å². The Morgan fingerprint density at radius 1 is 0.966 bits per heavy atom. The molecule has 0 aliphatic heterocycles. The summed E-state index contributed by atoms with van der Waals surface area (Å²) in [4.78, 5) is 39.3. The zero-order valence-electron chi connectivity index (χ0n) is 15.8. The van der Waals surface area contributed by atoms with Gasteiger partial charge in [0.05, 0.1) is 5.71 Å². The van der Waals surface area contributed by atoms with E-state index in [-0.39, 0.29) is 117 Å². The molecule has 3 aromatic rings. The van der Waals surface area contributed by atoms with Gasteiger partial charge in [-0.15, -0.1) is 0 Å². The van der Waals surface area contributed by atoms with Gasteiger partial charge in [-0.2, -0.15) is 0 Å². The van der Waals surface area contributed by atoms with Gasteiger partial charge in [-0.3, -0.25) is 4.79 Å². The van der Waals surface area contributed by atoms with Crippen molar-refractivity contribution in [2.24, 2.45) is 0 Å². The summed E-state index contributed by atoms with van der Waals surface area (Å²) in [6.45, 7) is 0. The van der Waals surface area contributed by atoms with Gasteiger partial charge in [-0.25, -0.2) is 0 Å². The Kier molecular flexibility index (Phi) is 14.3. The Balaban J connectivity index is 0. The number of hydrogen-bond acceptors (Lipinski definition) is 9. The molecule has 0 aliphatic rings. The summed E-state index contributed by atoms with van der Waals surface area (Å²) in [5.74, 6) is -0.0511. The molecule has 1 heterocycles. The molecule has 9 nitrogen and oxygen atoms in total. The average molecular weight is 446 g/mol. The molecule has 136 valence electrons. The van der Waals surface area contributed by atoms with Gasteiger partial charge < -0.3 is 38.9 Å². The van der Waals surface area contributed by atoms with Gasteiger partial charge in [0.15, 0.2) is 5.43 Å². The Morgan fingerprint density at radius 3 is 1.97 bits per heavy atom. The fraction of sp³-hybridized carbons (Fsp3) is 0. The molecule has 2 aromatic carbocycles. The number of aromatic hydroxyl groups is 2. The van der Waals surface area contributed by atoms with Crippen molar-refractivity contribution in [3.63, 3.8) is 0 Å². The van der Waals surface area contributed by atoms with Crippen molar-refractivity contribution in [2.75, 3.05) is 0 Å². The number of benzene rings is 2. The van der Waals surface area contributed by atoms with E-state index in [1.807, 2.05) is 30.3 Å². The summed E-state index contributed by atoms with van der Waals surface area (Å²) in [5, 5.41) is 28.2. The number of phenols is 2. The first-order valence-corrected chi connectivity index (χ1v) is 8.42. The zero-order valence-corrected chi connectivity index (χ0v) is 22.7. The summed E-state index contributed by atoms with van der Waals surface area (Å²) in [6.07, 6.45) is 0. The number of rotatable bonds is 2. The second-order valence-corrected chi connectivity index (χ2v) is 6.30. The third-order valence-electron chi connectivity index (χ3n) is 3.08. The molecule has 3 rings (SSSR count). The van der Waals surface area contributed by atoms with Crippen LogP contribution in [0.25, 0.3) is 22.3 Å². The minimum atomic E-state index is -5.43. The largest absolute Gasteiger partial charge is 1.00 e. The van der Waals surface area contributed by atoms with Crippen molar-refractivity contribution in [1.29, 1.82) is 0 Å². The van der Waals surface area contributed by atoms with Crippen molar-refractivity contribution >= 4 is 24.3 Å². The van der Waals surface area contributed by atoms with Crippen molar-refractivity contribution in [3.8, 4) is 22.8 Å². The Hall–Kier alpha value is -0.130. The van der Waals surface area contributed by atoms with Crippen LogP contribution in [0.1, 0.15) is 0 Å². The molecular formula is C16H10Na3O9P. The van der Waals surface area contributed by atoms with E-state index in [0.717, 1.165) is 11.6 Å². The van der Waals surface area contributed by atoms with E-state index in [1.165, 1.54) is 12.1 Å². The number of carbonyl (C=O) groups excluding carboxylic acids is 1. The normalized spacial score (nSPS) is 9.72. The third-order valence-corrected chi connectivity index (χ3v) is 3.52. The molecule has 0 radical (unpaired) electrons. The quantitative estimate of drug-likeness (QED) is 0.286. The maximum absolute atomic E-state index is 12.0. The molecule has 0 saturated heterocycles. The number of hydrogen-bond donors (Lipinski definition) is 2. The Bertz CT molecular complexity index is 1060. The summed E-state index contributed by atoms with van der Waals surface area (Å²) in [7, 11) is -5.43. The van der Waals surface area contributed by atoms with Crippen molar-refractivity contribution in [2.45, 2.75) is 0 Å². The molecule has 1 aromatic heterocycles. The molecule has 0 fully saturated rings. The summed E-state index contributed by atoms with van der Waals surface area (Å²) in [5.41, 5.74) is -2.00. The average Bonchev–Trinajstić information content (AvgIpc) is 2.54. The fourth-order valence-corrected chi connectivity index (χ4v) is 2.00. The minimum absolute atomic E-state index is 0. The van der Waals surface area contributed by atoms with Crippen LogP contribution >= 0.6 is 7.60 Å². The van der Waals surface area contributed by atoms with Crippen molar-refractivity contribution in [1.82, 2.24) is 0 Å². The first kappa shape index (κ1) is 31.1. The van der Waals surface area contributed by atoms with Crippen LogP contribution in [0.3, 0.4) is 0 Å². The zero-order chi connectivity index (χ0) is 19.5. The van der Waals surface area contributed by atoms with Crippen LogP contribution in [0.15, 0.2) is 57.7 Å². The first-order valence-electron chi connectivity index (χ1n) is 6.88. The molecule has 2 N–H and O–H groups in total. The van der Waals surface area contributed by atoms with Gasteiger partial charge in [0, 0.05) is 23.8 Å². The number of phenolic OH excluding ortho intramolecular Hbond substituents is 2. The molecule has 0 saturated carbocycles. The van der Waals surface area contributed by atoms with E-state index in [2.05, 4.69) is 0 Å². The molecule has 29 heavy (non-hydrogen) atoms. The van der Waals surface area contributed by atoms with Gasteiger partial charge in [0.25, 0.3) is 0 Å². The summed E-state index contributed by atoms with van der Waals surface area (Å²) >= 11 is 0. The molecular weight excluding hydrogens is 436 g/mol. The Morgan fingerprint density at radius 2 is 1.48 bits per heavy atom. The van der Waals surface area contributed by atoms with Crippen LogP contribution in [0.4, 0.5) is 4.79 Å². The SMILES string of the molecule is O=C([O-])P(=O)([O-])[O-].O=c1cc(-c2ccccc2)oc2cc(O)cc(O)c12.[Na+].[Na+].[Na+]. The smallest absolute Gasteiger partial charge is 0.807 e. The minimum Gasteiger partial charge on any atom is -0.807 e. The van der Waals surface area contributed by atoms with E-state index in [0.29, 0.717) is 5.76 Å². The van der Waals surface area contributed by atoms with E-state index in [4.69, 9.17) is 28.7 Å². The summed E-state index contributed by atoms with van der Waals surface area (Å²) in [6, 6.07) is 12.9. The second kappa shape index (κ2) is 13.3. The van der Waals surface area contributed by atoms with Gasteiger partial charge >= 0.3 is 88.7 Å². The second-order valence-electron chi connectivity index (χ2n) is 4.94. The first-order chi connectivity index (χ1) is 12.1. The fourth-order valence-electron chi connectivity index (χ4n) is 2.00. The molecule has 0 unspecified atom stereocenters. The molecule has 0 bridgehead atoms. The predicted molar refractivity (Wildman–Crippen MR) is 84.3 cm³/mol. The molecule has 13 heteroatoms. The maximum atomic E-state index is 12.0. The third kappa shape index (κ3) is 8.86. The van der Waals surface area contributed by atoms with E-state index < -0.39 is 13.3 Å². The standard InChI is InChI=1S/C15H10O4.CH3O5P.3Na/c16-10-6-11(17)15-12(18)8-13(19-14(15)7-10)9-4-2-1-3-5-9;2-1(3)7(4,5)6;;;/h1-8,16-17H;(H,2,3)(H2,4,5,6);;;/q;;3*+1/p-3. The molecule has 0 aliphatic carbocycles. The topological polar surface area (TPSA) is 174 Å². The van der Waals surface area contributed by atoms with Crippen LogP contribution in [-0.4, -0.2) is 15.9 Å². The monoisotopic (exact) mass is 446 g/mol. The number of carbonyl (C=O) groups is 1. The van der Waals surface area contributed by atoms with Crippen LogP contribution in [-0.2, 0) is 4.57 Å². The Labute approximate surface area is 230 Å². The number of fused-ring (bicyclic) bond motifs is 1. The van der Waals surface area contributed by atoms with E-state index in [9.17, 15) is 15.0 Å². The van der Waals surface area contributed by atoms with Crippen LogP contribution in [0, 0.1) is 0 Å². The summed E-state index contributed by atoms with van der Waals surface area (Å²) < 4.78 is 14.7. The van der Waals surface area contributed by atoms with Gasteiger partial charge in [0.2, 0.25) is 0 Å². The van der Waals surface area contributed by atoms with Gasteiger partial charge in [0.1, 0.15) is 28.2 Å². The molecule has 0 amide bonds. The van der Waals surface area contributed by atoms with Crippen LogP contribution < -0.4 is 109 Å². The predicted octanol–water partition coefficient (Wildman–Crippen LogP) is -8.87. The van der Waals surface area contributed by atoms with Gasteiger partial charge in [-0.1, -0.05) is 30.3 Å². The van der Waals surface area contributed by atoms with Crippen LogP contribution in [0.5, 0.6) is 11.5 Å². The van der Waals surface area contributed by atoms with Crippen molar-refractivity contribution in [3.05, 3.63) is 58.8 Å². The molecule has 0 atom stereocenters. The molecule has 0 spiro atoms. The van der Waals surface area contributed by atoms with E-state index in [1.54, 1.807) is 0 Å². The maximum Gasteiger partial charge on any atom is 1.00 e. The number of carboxylic acid groups (broad SMARTS) is 1. The van der Waals surface area contributed by atoms with Gasteiger partial charge in [-0.05, 0) is 7.60 Å².